The molecule has 0 aromatic heterocycles. The molecule has 5 nitrogen and oxygen atoms in total. The number of non-ortho nitro benzene ring substituents is 1. The predicted molar refractivity (Wildman–Crippen MR) is 79.4 cm³/mol. The molecule has 2 rings (SSSR count). The van der Waals surface area contributed by atoms with Crippen LogP contribution >= 0.6 is 23.2 Å². The third kappa shape index (κ3) is 3.93. The van der Waals surface area contributed by atoms with Gasteiger partial charge in [0.25, 0.3) is 5.69 Å². The second-order valence-corrected chi connectivity index (χ2v) is 4.91. The molecule has 21 heavy (non-hydrogen) atoms. The molecule has 0 bridgehead atoms. The van der Waals surface area contributed by atoms with Crippen LogP contribution < -0.4 is 4.74 Å². The third-order valence-electron chi connectivity index (χ3n) is 2.66. The van der Waals surface area contributed by atoms with E-state index in [1.54, 1.807) is 12.1 Å². The van der Waals surface area contributed by atoms with Crippen LogP contribution in [-0.4, -0.2) is 17.3 Å². The van der Waals surface area contributed by atoms with Gasteiger partial charge >= 0.3 is 0 Å². The van der Waals surface area contributed by atoms with E-state index in [-0.39, 0.29) is 18.1 Å². The summed E-state index contributed by atoms with van der Waals surface area (Å²) in [6.07, 6.45) is 0. The Balaban J connectivity index is 2.01. The number of halogens is 2. The maximum absolute atomic E-state index is 11.9. The van der Waals surface area contributed by atoms with Gasteiger partial charge in [0.2, 0.25) is 0 Å². The Hall–Kier alpha value is -2.11. The number of Topliss-reactive ketones (excluding diaryl/α,β-unsaturated/α-hetero) is 1. The van der Waals surface area contributed by atoms with Gasteiger partial charge in [0.05, 0.1) is 15.0 Å². The number of nitrogens with zero attached hydrogens (tertiary/aromatic N) is 1. The van der Waals surface area contributed by atoms with Crippen molar-refractivity contribution in [2.75, 3.05) is 6.61 Å². The predicted octanol–water partition coefficient (Wildman–Crippen LogP) is 4.16. The molecule has 0 saturated heterocycles. The Bertz CT molecular complexity index is 686. The number of ketones is 1. The highest BCUT2D eigenvalue weighted by Gasteiger charge is 2.10. The van der Waals surface area contributed by atoms with E-state index in [4.69, 9.17) is 27.9 Å². The Kier molecular flexibility index (Phi) is 4.77. The molecule has 0 N–H and O–H groups in total. The molecule has 0 amide bonds. The number of benzene rings is 2. The first kappa shape index (κ1) is 15.3. The van der Waals surface area contributed by atoms with Gasteiger partial charge in [-0.3, -0.25) is 14.9 Å². The van der Waals surface area contributed by atoms with Crippen molar-refractivity contribution in [1.82, 2.24) is 0 Å². The standard InChI is InChI=1S/C14H9Cl2NO4/c15-12-6-5-11(7-13(12)16)21-8-14(18)9-1-3-10(4-2-9)17(19)20/h1-7H,8H2. The number of carbonyl (C=O) groups excluding carboxylic acids is 1. The molecule has 2 aromatic rings. The van der Waals surface area contributed by atoms with Crippen LogP contribution in [0.2, 0.25) is 10.0 Å². The normalized spacial score (nSPS) is 10.2. The maximum atomic E-state index is 11.9. The minimum atomic E-state index is -0.527. The van der Waals surface area contributed by atoms with Gasteiger partial charge in [0.15, 0.2) is 12.4 Å². The van der Waals surface area contributed by atoms with Crippen LogP contribution in [0.3, 0.4) is 0 Å². The van der Waals surface area contributed by atoms with Gasteiger partial charge in [0.1, 0.15) is 5.75 Å². The fourth-order valence-electron chi connectivity index (χ4n) is 1.57. The van der Waals surface area contributed by atoms with Gasteiger partial charge in [-0.15, -0.1) is 0 Å². The molecule has 0 aliphatic rings. The van der Waals surface area contributed by atoms with Crippen molar-refractivity contribution in [3.8, 4) is 5.75 Å². The minimum absolute atomic E-state index is 0.0723. The molecular formula is C14H9Cl2NO4. The highest BCUT2D eigenvalue weighted by atomic mass is 35.5. The Labute approximate surface area is 130 Å². The third-order valence-corrected chi connectivity index (χ3v) is 3.40. The monoisotopic (exact) mass is 325 g/mol. The van der Waals surface area contributed by atoms with Gasteiger partial charge in [-0.2, -0.15) is 0 Å². The van der Waals surface area contributed by atoms with Gasteiger partial charge in [-0.25, -0.2) is 0 Å². The number of hydrogen-bond acceptors (Lipinski definition) is 4. The second kappa shape index (κ2) is 6.56. The Morgan fingerprint density at radius 1 is 1.10 bits per heavy atom. The summed E-state index contributed by atoms with van der Waals surface area (Å²) in [7, 11) is 0. The highest BCUT2D eigenvalue weighted by molar-refractivity contribution is 6.42. The summed E-state index contributed by atoms with van der Waals surface area (Å²) >= 11 is 11.6. The zero-order valence-corrected chi connectivity index (χ0v) is 12.1. The van der Waals surface area contributed by atoms with Gasteiger partial charge in [0, 0.05) is 23.8 Å². The SMILES string of the molecule is O=C(COc1ccc(Cl)c(Cl)c1)c1ccc([N+](=O)[O-])cc1. The first-order valence-corrected chi connectivity index (χ1v) is 6.58. The molecule has 0 fully saturated rings. The van der Waals surface area contributed by atoms with Gasteiger partial charge < -0.3 is 4.74 Å². The highest BCUT2D eigenvalue weighted by Crippen LogP contribution is 2.26. The number of ether oxygens (including phenoxy) is 1. The van der Waals surface area contributed by atoms with Crippen molar-refractivity contribution in [3.05, 3.63) is 68.2 Å². The summed E-state index contributed by atoms with van der Waals surface area (Å²) in [4.78, 5) is 21.9. The zero-order chi connectivity index (χ0) is 15.4. The van der Waals surface area contributed by atoms with E-state index in [1.165, 1.54) is 30.3 Å². The van der Waals surface area contributed by atoms with Crippen LogP contribution in [-0.2, 0) is 0 Å². The van der Waals surface area contributed by atoms with Crippen molar-refractivity contribution >= 4 is 34.7 Å². The van der Waals surface area contributed by atoms with Crippen LogP contribution in [0.15, 0.2) is 42.5 Å². The minimum Gasteiger partial charge on any atom is -0.485 e. The first-order valence-electron chi connectivity index (χ1n) is 5.83. The van der Waals surface area contributed by atoms with Crippen LogP contribution in [0.1, 0.15) is 10.4 Å². The molecule has 0 atom stereocenters. The van der Waals surface area contributed by atoms with Crippen molar-refractivity contribution in [3.63, 3.8) is 0 Å². The lowest BCUT2D eigenvalue weighted by molar-refractivity contribution is -0.384. The zero-order valence-electron chi connectivity index (χ0n) is 10.6. The summed E-state index contributed by atoms with van der Waals surface area (Å²) in [6, 6.07) is 9.98. The summed E-state index contributed by atoms with van der Waals surface area (Å²) in [6.45, 7) is -0.199. The molecule has 2 aromatic carbocycles. The maximum Gasteiger partial charge on any atom is 0.269 e. The van der Waals surface area contributed by atoms with E-state index < -0.39 is 4.92 Å². The molecule has 0 heterocycles. The molecule has 0 saturated carbocycles. The number of carbonyl (C=O) groups is 1. The summed E-state index contributed by atoms with van der Waals surface area (Å²) in [5.41, 5.74) is 0.262. The summed E-state index contributed by atoms with van der Waals surface area (Å²) in [5, 5.41) is 11.2. The summed E-state index contributed by atoms with van der Waals surface area (Å²) < 4.78 is 5.31. The Morgan fingerprint density at radius 2 is 1.76 bits per heavy atom. The Morgan fingerprint density at radius 3 is 2.33 bits per heavy atom. The number of hydrogen-bond donors (Lipinski definition) is 0. The lowest BCUT2D eigenvalue weighted by Gasteiger charge is -2.06. The second-order valence-electron chi connectivity index (χ2n) is 4.09. The topological polar surface area (TPSA) is 69.4 Å². The lowest BCUT2D eigenvalue weighted by Crippen LogP contribution is -2.11. The molecule has 0 unspecified atom stereocenters. The summed E-state index contributed by atoms with van der Waals surface area (Å²) in [5.74, 6) is 0.121. The van der Waals surface area contributed by atoms with E-state index in [0.717, 1.165) is 0 Å². The molecule has 0 aliphatic carbocycles. The number of rotatable bonds is 5. The van der Waals surface area contributed by atoms with Crippen molar-refractivity contribution < 1.29 is 14.5 Å². The number of nitro benzene ring substituents is 1. The molecule has 7 heteroatoms. The first-order chi connectivity index (χ1) is 9.97. The average molecular weight is 326 g/mol. The molecule has 108 valence electrons. The van der Waals surface area contributed by atoms with Gasteiger partial charge in [-0.1, -0.05) is 23.2 Å². The molecular weight excluding hydrogens is 317 g/mol. The lowest BCUT2D eigenvalue weighted by atomic mass is 10.1. The fraction of sp³-hybridized carbons (Fsp3) is 0.0714. The fourth-order valence-corrected chi connectivity index (χ4v) is 1.86. The van der Waals surface area contributed by atoms with E-state index in [9.17, 15) is 14.9 Å². The van der Waals surface area contributed by atoms with Crippen LogP contribution in [0, 0.1) is 10.1 Å². The van der Waals surface area contributed by atoms with E-state index >= 15 is 0 Å². The molecule has 0 aliphatic heterocycles. The van der Waals surface area contributed by atoms with E-state index in [1.807, 2.05) is 0 Å². The van der Waals surface area contributed by atoms with Crippen molar-refractivity contribution in [1.29, 1.82) is 0 Å². The molecule has 0 spiro atoms. The van der Waals surface area contributed by atoms with Crippen LogP contribution in [0.4, 0.5) is 5.69 Å². The van der Waals surface area contributed by atoms with Crippen molar-refractivity contribution in [2.24, 2.45) is 0 Å². The smallest absolute Gasteiger partial charge is 0.269 e. The van der Waals surface area contributed by atoms with Crippen LogP contribution in [0.5, 0.6) is 5.75 Å². The van der Waals surface area contributed by atoms with Gasteiger partial charge in [-0.05, 0) is 24.3 Å². The molecule has 0 radical (unpaired) electrons. The van der Waals surface area contributed by atoms with E-state index in [2.05, 4.69) is 0 Å². The largest absolute Gasteiger partial charge is 0.485 e. The quantitative estimate of drug-likeness (QED) is 0.470. The number of nitro groups is 1. The average Bonchev–Trinajstić information content (AvgIpc) is 2.48. The van der Waals surface area contributed by atoms with Crippen molar-refractivity contribution in [2.45, 2.75) is 0 Å². The van der Waals surface area contributed by atoms with E-state index in [0.29, 0.717) is 21.4 Å². The van der Waals surface area contributed by atoms with Crippen LogP contribution in [0.25, 0.3) is 0 Å².